The Morgan fingerprint density at radius 1 is 1.44 bits per heavy atom. The summed E-state index contributed by atoms with van der Waals surface area (Å²) < 4.78 is 35.6. The summed E-state index contributed by atoms with van der Waals surface area (Å²) in [6.45, 7) is 1.33. The summed E-state index contributed by atoms with van der Waals surface area (Å²) in [4.78, 5) is 23.7. The molecule has 0 radical (unpaired) electrons. The van der Waals surface area contributed by atoms with Crippen molar-refractivity contribution in [2.24, 2.45) is 0 Å². The van der Waals surface area contributed by atoms with Crippen molar-refractivity contribution in [1.29, 1.82) is 0 Å². The van der Waals surface area contributed by atoms with Gasteiger partial charge in [0.05, 0.1) is 6.54 Å². The number of hydrogen-bond acceptors (Lipinski definition) is 2. The van der Waals surface area contributed by atoms with Gasteiger partial charge in [-0.25, -0.2) is 0 Å². The van der Waals surface area contributed by atoms with Crippen LogP contribution in [0.1, 0.15) is 19.8 Å². The zero-order valence-corrected chi connectivity index (χ0v) is 8.80. The standard InChI is InChI=1S/C9H13F3N2O2/c1-6-8(16)14(5-7(15)13-6)4-2-3-9(10,11)12/h6H,2-5H2,1H3,(H,13,15). The van der Waals surface area contributed by atoms with Gasteiger partial charge in [0.2, 0.25) is 11.8 Å². The van der Waals surface area contributed by atoms with E-state index >= 15 is 0 Å². The average Bonchev–Trinajstić information content (AvgIpc) is 2.11. The lowest BCUT2D eigenvalue weighted by Crippen LogP contribution is -2.56. The fraction of sp³-hybridized carbons (Fsp3) is 0.778. The molecule has 0 aliphatic carbocycles. The first kappa shape index (κ1) is 12.8. The summed E-state index contributed by atoms with van der Waals surface area (Å²) in [5.41, 5.74) is 0. The predicted molar refractivity (Wildman–Crippen MR) is 49.5 cm³/mol. The molecule has 7 heteroatoms. The number of alkyl halides is 3. The lowest BCUT2D eigenvalue weighted by Gasteiger charge is -2.30. The molecule has 1 aliphatic heterocycles. The van der Waals surface area contributed by atoms with Crippen LogP contribution in [-0.4, -0.2) is 42.0 Å². The molecule has 1 unspecified atom stereocenters. The minimum absolute atomic E-state index is 0.0316. The average molecular weight is 238 g/mol. The molecule has 0 spiro atoms. The molecule has 0 aromatic rings. The zero-order valence-electron chi connectivity index (χ0n) is 8.80. The summed E-state index contributed by atoms with van der Waals surface area (Å²) in [7, 11) is 0. The molecule has 0 bridgehead atoms. The maximum atomic E-state index is 11.9. The Kier molecular flexibility index (Phi) is 3.77. The van der Waals surface area contributed by atoms with Gasteiger partial charge in [-0.3, -0.25) is 9.59 Å². The molecule has 92 valence electrons. The van der Waals surface area contributed by atoms with Crippen molar-refractivity contribution in [2.45, 2.75) is 32.0 Å². The fourth-order valence-corrected chi connectivity index (χ4v) is 1.53. The van der Waals surface area contributed by atoms with Crippen LogP contribution in [0, 0.1) is 0 Å². The van der Waals surface area contributed by atoms with E-state index < -0.39 is 18.6 Å². The molecule has 2 amide bonds. The van der Waals surface area contributed by atoms with Gasteiger partial charge >= 0.3 is 6.18 Å². The minimum atomic E-state index is -4.22. The SMILES string of the molecule is CC1NC(=O)CN(CCCC(F)(F)F)C1=O. The van der Waals surface area contributed by atoms with E-state index in [0.717, 1.165) is 4.90 Å². The summed E-state index contributed by atoms with van der Waals surface area (Å²) in [6.07, 6.45) is -5.32. The van der Waals surface area contributed by atoms with Crippen molar-refractivity contribution in [3.05, 3.63) is 0 Å². The third-order valence-corrected chi connectivity index (χ3v) is 2.28. The van der Waals surface area contributed by atoms with Crippen LogP contribution in [0.25, 0.3) is 0 Å². The van der Waals surface area contributed by atoms with Crippen LogP contribution in [-0.2, 0) is 9.59 Å². The van der Waals surface area contributed by atoms with Crippen LogP contribution >= 0.6 is 0 Å². The van der Waals surface area contributed by atoms with Crippen molar-refractivity contribution in [2.75, 3.05) is 13.1 Å². The van der Waals surface area contributed by atoms with Crippen LogP contribution in [0.3, 0.4) is 0 Å². The third kappa shape index (κ3) is 3.71. The zero-order chi connectivity index (χ0) is 12.3. The molecular weight excluding hydrogens is 225 g/mol. The Bertz CT molecular complexity index is 291. The molecule has 1 aliphatic rings. The maximum absolute atomic E-state index is 11.9. The van der Waals surface area contributed by atoms with Gasteiger partial charge in [-0.15, -0.1) is 0 Å². The van der Waals surface area contributed by atoms with E-state index in [1.807, 2.05) is 0 Å². The normalized spacial score (nSPS) is 22.2. The number of halogens is 3. The number of rotatable bonds is 3. The minimum Gasteiger partial charge on any atom is -0.343 e. The van der Waals surface area contributed by atoms with E-state index in [0.29, 0.717) is 0 Å². The number of carbonyl (C=O) groups is 2. The summed E-state index contributed by atoms with van der Waals surface area (Å²) in [5, 5.41) is 2.41. The maximum Gasteiger partial charge on any atom is 0.389 e. The number of nitrogens with zero attached hydrogens (tertiary/aromatic N) is 1. The summed E-state index contributed by atoms with van der Waals surface area (Å²) >= 11 is 0. The van der Waals surface area contributed by atoms with E-state index in [4.69, 9.17) is 0 Å². The lowest BCUT2D eigenvalue weighted by atomic mass is 10.2. The van der Waals surface area contributed by atoms with E-state index in [-0.39, 0.29) is 31.3 Å². The first-order chi connectivity index (χ1) is 7.29. The molecule has 0 saturated carbocycles. The predicted octanol–water partition coefficient (Wildman–Crippen LogP) is 0.676. The Morgan fingerprint density at radius 2 is 2.06 bits per heavy atom. The number of piperazine rings is 1. The molecule has 1 atom stereocenters. The van der Waals surface area contributed by atoms with Crippen LogP contribution < -0.4 is 5.32 Å². The highest BCUT2D eigenvalue weighted by molar-refractivity contribution is 5.94. The molecule has 1 rings (SSSR count). The Morgan fingerprint density at radius 3 is 2.62 bits per heavy atom. The van der Waals surface area contributed by atoms with Crippen LogP contribution in [0.5, 0.6) is 0 Å². The topological polar surface area (TPSA) is 49.4 Å². The van der Waals surface area contributed by atoms with Crippen molar-refractivity contribution in [3.63, 3.8) is 0 Å². The number of carbonyl (C=O) groups excluding carboxylic acids is 2. The Balaban J connectivity index is 2.41. The Labute approximate surface area is 90.8 Å². The molecule has 0 aromatic heterocycles. The summed E-state index contributed by atoms with van der Waals surface area (Å²) in [6, 6.07) is -0.646. The highest BCUT2D eigenvalue weighted by Crippen LogP contribution is 2.21. The monoisotopic (exact) mass is 238 g/mol. The molecule has 1 fully saturated rings. The molecule has 16 heavy (non-hydrogen) atoms. The molecule has 0 aromatic carbocycles. The van der Waals surface area contributed by atoms with Crippen LogP contribution in [0.4, 0.5) is 13.2 Å². The lowest BCUT2D eigenvalue weighted by molar-refractivity contribution is -0.147. The van der Waals surface area contributed by atoms with Crippen LogP contribution in [0.15, 0.2) is 0 Å². The number of hydrogen-bond donors (Lipinski definition) is 1. The van der Waals surface area contributed by atoms with Gasteiger partial charge < -0.3 is 10.2 Å². The second-order valence-corrected chi connectivity index (χ2v) is 3.77. The second-order valence-electron chi connectivity index (χ2n) is 3.77. The van der Waals surface area contributed by atoms with E-state index in [2.05, 4.69) is 5.32 Å². The highest BCUT2D eigenvalue weighted by atomic mass is 19.4. The second kappa shape index (κ2) is 4.71. The first-order valence-corrected chi connectivity index (χ1v) is 4.94. The molecular formula is C9H13F3N2O2. The Hall–Kier alpha value is -1.27. The molecule has 1 saturated heterocycles. The van der Waals surface area contributed by atoms with Crippen molar-refractivity contribution < 1.29 is 22.8 Å². The first-order valence-electron chi connectivity index (χ1n) is 4.94. The van der Waals surface area contributed by atoms with E-state index in [1.54, 1.807) is 0 Å². The smallest absolute Gasteiger partial charge is 0.343 e. The largest absolute Gasteiger partial charge is 0.389 e. The van der Waals surface area contributed by atoms with Gasteiger partial charge in [0.15, 0.2) is 0 Å². The quantitative estimate of drug-likeness (QED) is 0.785. The van der Waals surface area contributed by atoms with Gasteiger partial charge in [-0.2, -0.15) is 13.2 Å². The van der Waals surface area contributed by atoms with Gasteiger partial charge in [-0.1, -0.05) is 0 Å². The van der Waals surface area contributed by atoms with Crippen LogP contribution in [0.2, 0.25) is 0 Å². The highest BCUT2D eigenvalue weighted by Gasteiger charge is 2.31. The van der Waals surface area contributed by atoms with E-state index in [9.17, 15) is 22.8 Å². The molecule has 1 N–H and O–H groups in total. The van der Waals surface area contributed by atoms with Gasteiger partial charge in [-0.05, 0) is 13.3 Å². The number of amides is 2. The molecule has 1 heterocycles. The number of nitrogens with one attached hydrogen (secondary N) is 1. The van der Waals surface area contributed by atoms with E-state index in [1.165, 1.54) is 6.92 Å². The van der Waals surface area contributed by atoms with Crippen molar-refractivity contribution in [1.82, 2.24) is 10.2 Å². The summed E-state index contributed by atoms with van der Waals surface area (Å²) in [5.74, 6) is -0.666. The third-order valence-electron chi connectivity index (χ3n) is 2.28. The molecule has 4 nitrogen and oxygen atoms in total. The fourth-order valence-electron chi connectivity index (χ4n) is 1.53. The van der Waals surface area contributed by atoms with Crippen molar-refractivity contribution in [3.8, 4) is 0 Å². The van der Waals surface area contributed by atoms with Crippen molar-refractivity contribution >= 4 is 11.8 Å². The van der Waals surface area contributed by atoms with Gasteiger partial charge in [0, 0.05) is 13.0 Å². The van der Waals surface area contributed by atoms with Gasteiger partial charge in [0.1, 0.15) is 6.04 Å². The van der Waals surface area contributed by atoms with Gasteiger partial charge in [0.25, 0.3) is 0 Å².